The fourth-order valence-corrected chi connectivity index (χ4v) is 2.63. The van der Waals surface area contributed by atoms with E-state index in [9.17, 15) is 4.79 Å². The number of benzene rings is 1. The molecule has 0 radical (unpaired) electrons. The van der Waals surface area contributed by atoms with Crippen molar-refractivity contribution in [2.24, 2.45) is 5.73 Å². The molecule has 2 rings (SSSR count). The molecule has 1 aliphatic heterocycles. The molecule has 1 saturated heterocycles. The zero-order valence-electron chi connectivity index (χ0n) is 12.7. The van der Waals surface area contributed by atoms with Crippen LogP contribution in [-0.4, -0.2) is 56.2 Å². The molecule has 1 fully saturated rings. The second-order valence-corrected chi connectivity index (χ2v) is 5.48. The van der Waals surface area contributed by atoms with Crippen LogP contribution < -0.4 is 11.1 Å². The molecule has 0 spiro atoms. The summed E-state index contributed by atoms with van der Waals surface area (Å²) in [5.74, 6) is -0.0141. The minimum Gasteiger partial charge on any atom is -0.379 e. The predicted molar refractivity (Wildman–Crippen MR) is 83.4 cm³/mol. The number of hydrogen-bond donors (Lipinski definition) is 2. The summed E-state index contributed by atoms with van der Waals surface area (Å²) in [5, 5.41) is 3.08. The third-order valence-electron chi connectivity index (χ3n) is 3.69. The summed E-state index contributed by atoms with van der Waals surface area (Å²) in [6.07, 6.45) is 0.724. The Morgan fingerprint density at radius 2 is 2.10 bits per heavy atom. The van der Waals surface area contributed by atoms with E-state index in [1.165, 1.54) is 0 Å². The van der Waals surface area contributed by atoms with Gasteiger partial charge in [-0.2, -0.15) is 0 Å². The minimum absolute atomic E-state index is 0.0141. The van der Waals surface area contributed by atoms with E-state index in [1.54, 1.807) is 0 Å². The van der Waals surface area contributed by atoms with Crippen molar-refractivity contribution in [1.82, 2.24) is 10.2 Å². The maximum Gasteiger partial charge on any atom is 0.251 e. The van der Waals surface area contributed by atoms with Gasteiger partial charge in [-0.1, -0.05) is 18.2 Å². The Kier molecular flexibility index (Phi) is 6.17. The highest BCUT2D eigenvalue weighted by molar-refractivity contribution is 5.95. The van der Waals surface area contributed by atoms with Crippen molar-refractivity contribution < 1.29 is 9.53 Å². The van der Waals surface area contributed by atoms with Crippen LogP contribution in [0.1, 0.15) is 22.8 Å². The summed E-state index contributed by atoms with van der Waals surface area (Å²) in [4.78, 5) is 14.7. The van der Waals surface area contributed by atoms with Gasteiger partial charge in [0, 0.05) is 31.2 Å². The van der Waals surface area contributed by atoms with Gasteiger partial charge in [0.1, 0.15) is 0 Å². The first-order valence-corrected chi connectivity index (χ1v) is 7.59. The number of hydrogen-bond acceptors (Lipinski definition) is 4. The Morgan fingerprint density at radius 1 is 1.38 bits per heavy atom. The summed E-state index contributed by atoms with van der Waals surface area (Å²) >= 11 is 0. The highest BCUT2D eigenvalue weighted by Crippen LogP contribution is 2.09. The number of nitrogens with two attached hydrogens (primary N) is 1. The van der Waals surface area contributed by atoms with Gasteiger partial charge in [0.15, 0.2) is 0 Å². The standard InChI is InChI=1S/C16H25N3O2/c1-13(12-19-8-10-21-11-9-19)18-16(20)15-5-3-2-4-14(15)6-7-17/h2-5,13H,6-12,17H2,1H3,(H,18,20). The summed E-state index contributed by atoms with van der Waals surface area (Å²) in [6, 6.07) is 7.78. The molecule has 1 aromatic rings. The zero-order chi connectivity index (χ0) is 15.1. The number of ether oxygens (including phenoxy) is 1. The normalized spacial score (nSPS) is 17.4. The molecule has 5 heteroatoms. The number of nitrogens with one attached hydrogen (secondary N) is 1. The highest BCUT2D eigenvalue weighted by Gasteiger charge is 2.17. The van der Waals surface area contributed by atoms with E-state index in [1.807, 2.05) is 31.2 Å². The molecular weight excluding hydrogens is 266 g/mol. The third-order valence-corrected chi connectivity index (χ3v) is 3.69. The zero-order valence-corrected chi connectivity index (χ0v) is 12.7. The van der Waals surface area contributed by atoms with E-state index in [-0.39, 0.29) is 11.9 Å². The summed E-state index contributed by atoms with van der Waals surface area (Å²) in [6.45, 7) is 6.87. The lowest BCUT2D eigenvalue weighted by Crippen LogP contribution is -2.46. The lowest BCUT2D eigenvalue weighted by atomic mass is 10.0. The molecule has 116 valence electrons. The fourth-order valence-electron chi connectivity index (χ4n) is 2.63. The Hall–Kier alpha value is -1.43. The van der Waals surface area contributed by atoms with Crippen molar-refractivity contribution in [3.8, 4) is 0 Å². The topological polar surface area (TPSA) is 67.6 Å². The molecule has 1 aromatic carbocycles. The van der Waals surface area contributed by atoms with Gasteiger partial charge < -0.3 is 15.8 Å². The monoisotopic (exact) mass is 291 g/mol. The molecule has 5 nitrogen and oxygen atoms in total. The van der Waals surface area contributed by atoms with E-state index < -0.39 is 0 Å². The predicted octanol–water partition coefficient (Wildman–Crippen LogP) is 0.638. The molecule has 0 aliphatic carbocycles. The van der Waals surface area contributed by atoms with Crippen molar-refractivity contribution in [3.63, 3.8) is 0 Å². The highest BCUT2D eigenvalue weighted by atomic mass is 16.5. The summed E-state index contributed by atoms with van der Waals surface area (Å²) in [7, 11) is 0. The van der Waals surface area contributed by atoms with Gasteiger partial charge >= 0.3 is 0 Å². The molecule has 0 aromatic heterocycles. The number of carbonyl (C=O) groups is 1. The number of rotatable bonds is 6. The Bertz CT molecular complexity index is 459. The van der Waals surface area contributed by atoms with Crippen molar-refractivity contribution in [1.29, 1.82) is 0 Å². The van der Waals surface area contributed by atoms with Crippen molar-refractivity contribution in [3.05, 3.63) is 35.4 Å². The molecular formula is C16H25N3O2. The number of carbonyl (C=O) groups excluding carboxylic acids is 1. The van der Waals surface area contributed by atoms with Gasteiger partial charge in [-0.25, -0.2) is 0 Å². The number of amides is 1. The average molecular weight is 291 g/mol. The largest absolute Gasteiger partial charge is 0.379 e. The average Bonchev–Trinajstić information content (AvgIpc) is 2.49. The molecule has 1 atom stereocenters. The third kappa shape index (κ3) is 4.81. The molecule has 3 N–H and O–H groups in total. The quantitative estimate of drug-likeness (QED) is 0.807. The minimum atomic E-state index is -0.0141. The lowest BCUT2D eigenvalue weighted by Gasteiger charge is -2.29. The molecule has 1 unspecified atom stereocenters. The van der Waals surface area contributed by atoms with E-state index in [2.05, 4.69) is 10.2 Å². The van der Waals surface area contributed by atoms with Gasteiger partial charge in [-0.15, -0.1) is 0 Å². The van der Waals surface area contributed by atoms with Gasteiger partial charge in [0.25, 0.3) is 5.91 Å². The SMILES string of the molecule is CC(CN1CCOCC1)NC(=O)c1ccccc1CCN. The first-order chi connectivity index (χ1) is 10.2. The maximum atomic E-state index is 12.4. The summed E-state index contributed by atoms with van der Waals surface area (Å²) in [5.41, 5.74) is 7.35. The Balaban J connectivity index is 1.91. The molecule has 1 aliphatic rings. The van der Waals surface area contributed by atoms with Crippen LogP contribution in [0.2, 0.25) is 0 Å². The van der Waals surface area contributed by atoms with Gasteiger partial charge in [0.05, 0.1) is 13.2 Å². The molecule has 0 bridgehead atoms. The van der Waals surface area contributed by atoms with Crippen LogP contribution in [0.25, 0.3) is 0 Å². The fraction of sp³-hybridized carbons (Fsp3) is 0.562. The van der Waals surface area contributed by atoms with E-state index in [4.69, 9.17) is 10.5 Å². The van der Waals surface area contributed by atoms with Crippen molar-refractivity contribution in [2.75, 3.05) is 39.4 Å². The second-order valence-electron chi connectivity index (χ2n) is 5.48. The van der Waals surface area contributed by atoms with Gasteiger partial charge in [0.2, 0.25) is 0 Å². The smallest absolute Gasteiger partial charge is 0.251 e. The Morgan fingerprint density at radius 3 is 2.81 bits per heavy atom. The summed E-state index contributed by atoms with van der Waals surface area (Å²) < 4.78 is 5.33. The van der Waals surface area contributed by atoms with Gasteiger partial charge in [-0.3, -0.25) is 9.69 Å². The van der Waals surface area contributed by atoms with Crippen LogP contribution in [0.3, 0.4) is 0 Å². The Labute approximate surface area is 126 Å². The molecule has 21 heavy (non-hydrogen) atoms. The number of morpholine rings is 1. The molecule has 1 heterocycles. The number of nitrogens with zero attached hydrogens (tertiary/aromatic N) is 1. The second kappa shape index (κ2) is 8.12. The van der Waals surface area contributed by atoms with E-state index in [0.717, 1.165) is 50.4 Å². The van der Waals surface area contributed by atoms with Crippen LogP contribution in [0, 0.1) is 0 Å². The van der Waals surface area contributed by atoms with Crippen LogP contribution >= 0.6 is 0 Å². The van der Waals surface area contributed by atoms with E-state index in [0.29, 0.717) is 6.54 Å². The van der Waals surface area contributed by atoms with Crippen LogP contribution in [0.15, 0.2) is 24.3 Å². The van der Waals surface area contributed by atoms with E-state index >= 15 is 0 Å². The van der Waals surface area contributed by atoms with Gasteiger partial charge in [-0.05, 0) is 31.5 Å². The first kappa shape index (κ1) is 15.9. The first-order valence-electron chi connectivity index (χ1n) is 7.59. The van der Waals surface area contributed by atoms with Crippen LogP contribution in [0.5, 0.6) is 0 Å². The lowest BCUT2D eigenvalue weighted by molar-refractivity contribution is 0.0342. The van der Waals surface area contributed by atoms with Crippen molar-refractivity contribution >= 4 is 5.91 Å². The van der Waals surface area contributed by atoms with Crippen LogP contribution in [-0.2, 0) is 11.2 Å². The molecule has 1 amide bonds. The van der Waals surface area contributed by atoms with Crippen molar-refractivity contribution in [2.45, 2.75) is 19.4 Å². The molecule has 0 saturated carbocycles. The maximum absolute atomic E-state index is 12.4. The van der Waals surface area contributed by atoms with Crippen LogP contribution in [0.4, 0.5) is 0 Å².